The van der Waals surface area contributed by atoms with E-state index in [1.807, 2.05) is 0 Å². The van der Waals surface area contributed by atoms with Crippen molar-refractivity contribution in [3.05, 3.63) is 0 Å². The molecule has 80 valence electrons. The molecule has 0 spiro atoms. The van der Waals surface area contributed by atoms with Crippen molar-refractivity contribution in [2.24, 2.45) is 11.7 Å². The van der Waals surface area contributed by atoms with Crippen LogP contribution in [0.25, 0.3) is 0 Å². The van der Waals surface area contributed by atoms with Gasteiger partial charge in [-0.1, -0.05) is 12.2 Å². The monoisotopic (exact) mass is 214 g/mol. The van der Waals surface area contributed by atoms with Gasteiger partial charge in [0.25, 0.3) is 0 Å². The number of rotatable bonds is 2. The molecular formula is C10H18N2OS. The zero-order valence-corrected chi connectivity index (χ0v) is 9.26. The summed E-state index contributed by atoms with van der Waals surface area (Å²) in [6.07, 6.45) is 3.45. The normalized spacial score (nSPS) is 30.7. The Morgan fingerprint density at radius 1 is 1.29 bits per heavy atom. The lowest BCUT2D eigenvalue weighted by Gasteiger charge is -2.34. The molecule has 0 saturated carbocycles. The molecule has 1 atom stereocenters. The van der Waals surface area contributed by atoms with Crippen LogP contribution in [0.4, 0.5) is 0 Å². The summed E-state index contributed by atoms with van der Waals surface area (Å²) in [7, 11) is 0. The van der Waals surface area contributed by atoms with Crippen LogP contribution in [0.3, 0.4) is 0 Å². The number of hydrogen-bond donors (Lipinski definition) is 1. The van der Waals surface area contributed by atoms with E-state index in [4.69, 9.17) is 22.7 Å². The number of nitrogens with two attached hydrogens (primary N) is 1. The summed E-state index contributed by atoms with van der Waals surface area (Å²) in [4.78, 5) is 3.23. The number of nitrogens with zero attached hydrogens (tertiary/aromatic N) is 1. The van der Waals surface area contributed by atoms with Crippen molar-refractivity contribution < 1.29 is 4.74 Å². The second-order valence-corrected chi connectivity index (χ2v) is 4.70. The molecule has 0 aliphatic carbocycles. The first-order chi connectivity index (χ1) is 6.77. The zero-order chi connectivity index (χ0) is 9.97. The topological polar surface area (TPSA) is 38.5 Å². The quantitative estimate of drug-likeness (QED) is 0.689. The third-order valence-electron chi connectivity index (χ3n) is 3.35. The molecule has 2 N–H and O–H groups in total. The molecule has 0 aromatic carbocycles. The molecule has 2 heterocycles. The van der Waals surface area contributed by atoms with Gasteiger partial charge in [-0.25, -0.2) is 0 Å². The highest BCUT2D eigenvalue weighted by Gasteiger charge is 2.28. The van der Waals surface area contributed by atoms with Crippen molar-refractivity contribution in [2.45, 2.75) is 25.3 Å². The second kappa shape index (κ2) is 4.55. The Labute approximate surface area is 90.6 Å². The number of piperidine rings is 1. The molecule has 1 unspecified atom stereocenters. The van der Waals surface area contributed by atoms with E-state index in [2.05, 4.69) is 4.90 Å². The standard InChI is InChI=1S/C10H18N2OS/c11-10(14)8-1-4-12(5-2-8)9-3-6-13-7-9/h8-9H,1-7H2,(H2,11,14). The molecule has 0 bridgehead atoms. The van der Waals surface area contributed by atoms with Crippen LogP contribution in [0.1, 0.15) is 19.3 Å². The highest BCUT2D eigenvalue weighted by atomic mass is 32.1. The fourth-order valence-corrected chi connectivity index (χ4v) is 2.59. The summed E-state index contributed by atoms with van der Waals surface area (Å²) >= 11 is 5.02. The predicted molar refractivity (Wildman–Crippen MR) is 60.3 cm³/mol. The van der Waals surface area contributed by atoms with Crippen LogP contribution in [0.15, 0.2) is 0 Å². The van der Waals surface area contributed by atoms with Gasteiger partial charge in [-0.05, 0) is 32.4 Å². The van der Waals surface area contributed by atoms with Crippen molar-refractivity contribution in [1.82, 2.24) is 4.90 Å². The molecule has 2 rings (SSSR count). The molecule has 2 aliphatic heterocycles. The van der Waals surface area contributed by atoms with E-state index in [1.165, 1.54) is 6.42 Å². The third-order valence-corrected chi connectivity index (χ3v) is 3.69. The minimum atomic E-state index is 0.476. The van der Waals surface area contributed by atoms with Crippen molar-refractivity contribution >= 4 is 17.2 Å². The Kier molecular flexibility index (Phi) is 3.36. The van der Waals surface area contributed by atoms with Gasteiger partial charge >= 0.3 is 0 Å². The first-order valence-electron chi connectivity index (χ1n) is 5.38. The molecule has 0 aromatic rings. The summed E-state index contributed by atoms with van der Waals surface area (Å²) in [5, 5.41) is 0. The van der Waals surface area contributed by atoms with E-state index < -0.39 is 0 Å². The smallest absolute Gasteiger partial charge is 0.0759 e. The summed E-state index contributed by atoms with van der Waals surface area (Å²) in [6.45, 7) is 4.11. The molecule has 2 aliphatic rings. The van der Waals surface area contributed by atoms with E-state index in [9.17, 15) is 0 Å². The maximum Gasteiger partial charge on any atom is 0.0759 e. The Balaban J connectivity index is 1.80. The van der Waals surface area contributed by atoms with Gasteiger partial charge in [-0.3, -0.25) is 4.90 Å². The minimum Gasteiger partial charge on any atom is -0.393 e. The highest BCUT2D eigenvalue weighted by Crippen LogP contribution is 2.22. The Hall–Kier alpha value is -0.190. The van der Waals surface area contributed by atoms with Crippen molar-refractivity contribution in [3.8, 4) is 0 Å². The van der Waals surface area contributed by atoms with Crippen LogP contribution in [0.5, 0.6) is 0 Å². The molecule has 4 heteroatoms. The van der Waals surface area contributed by atoms with E-state index in [0.717, 1.165) is 39.1 Å². The molecule has 14 heavy (non-hydrogen) atoms. The van der Waals surface area contributed by atoms with Crippen LogP contribution >= 0.6 is 12.2 Å². The molecular weight excluding hydrogens is 196 g/mol. The Morgan fingerprint density at radius 2 is 2.00 bits per heavy atom. The SMILES string of the molecule is NC(=S)C1CCN(C2CCOC2)CC1. The first-order valence-corrected chi connectivity index (χ1v) is 5.79. The van der Waals surface area contributed by atoms with E-state index >= 15 is 0 Å². The summed E-state index contributed by atoms with van der Waals surface area (Å²) in [6, 6.07) is 0.655. The lowest BCUT2D eigenvalue weighted by atomic mass is 9.95. The average molecular weight is 214 g/mol. The van der Waals surface area contributed by atoms with Crippen LogP contribution < -0.4 is 5.73 Å². The fraction of sp³-hybridized carbons (Fsp3) is 0.900. The van der Waals surface area contributed by atoms with Crippen molar-refractivity contribution in [1.29, 1.82) is 0 Å². The number of likely N-dealkylation sites (tertiary alicyclic amines) is 1. The molecule has 2 fully saturated rings. The largest absolute Gasteiger partial charge is 0.393 e. The van der Waals surface area contributed by atoms with Crippen LogP contribution in [-0.4, -0.2) is 42.2 Å². The Bertz CT molecular complexity index is 208. The average Bonchev–Trinajstić information content (AvgIpc) is 2.71. The van der Waals surface area contributed by atoms with Crippen LogP contribution in [0.2, 0.25) is 0 Å². The molecule has 0 radical (unpaired) electrons. The summed E-state index contributed by atoms with van der Waals surface area (Å²) < 4.78 is 5.39. The van der Waals surface area contributed by atoms with Gasteiger partial charge in [-0.2, -0.15) is 0 Å². The number of hydrogen-bond acceptors (Lipinski definition) is 3. The zero-order valence-electron chi connectivity index (χ0n) is 8.45. The van der Waals surface area contributed by atoms with Crippen LogP contribution in [-0.2, 0) is 4.74 Å². The van der Waals surface area contributed by atoms with Gasteiger partial charge in [-0.15, -0.1) is 0 Å². The van der Waals surface area contributed by atoms with Crippen molar-refractivity contribution in [3.63, 3.8) is 0 Å². The molecule has 2 saturated heterocycles. The minimum absolute atomic E-state index is 0.476. The first kappa shape index (κ1) is 10.3. The number of ether oxygens (including phenoxy) is 1. The fourth-order valence-electron chi connectivity index (χ4n) is 2.36. The molecule has 0 aromatic heterocycles. The lowest BCUT2D eigenvalue weighted by molar-refractivity contribution is 0.121. The lowest BCUT2D eigenvalue weighted by Crippen LogP contribution is -2.43. The van der Waals surface area contributed by atoms with E-state index in [0.29, 0.717) is 16.9 Å². The third kappa shape index (κ3) is 2.24. The number of thiocarbonyl (C=S) groups is 1. The van der Waals surface area contributed by atoms with Gasteiger partial charge in [0.2, 0.25) is 0 Å². The van der Waals surface area contributed by atoms with Gasteiger partial charge in [0.05, 0.1) is 11.6 Å². The van der Waals surface area contributed by atoms with Crippen molar-refractivity contribution in [2.75, 3.05) is 26.3 Å². The summed E-state index contributed by atoms with van der Waals surface area (Å²) in [5.41, 5.74) is 5.65. The Morgan fingerprint density at radius 3 is 2.50 bits per heavy atom. The summed E-state index contributed by atoms with van der Waals surface area (Å²) in [5.74, 6) is 0.476. The predicted octanol–water partition coefficient (Wildman–Crippen LogP) is 0.773. The van der Waals surface area contributed by atoms with E-state index in [-0.39, 0.29) is 0 Å². The van der Waals surface area contributed by atoms with Gasteiger partial charge in [0.15, 0.2) is 0 Å². The second-order valence-electron chi connectivity index (χ2n) is 4.23. The molecule has 3 nitrogen and oxygen atoms in total. The van der Waals surface area contributed by atoms with Crippen LogP contribution in [0, 0.1) is 5.92 Å². The maximum absolute atomic E-state index is 5.65. The van der Waals surface area contributed by atoms with Gasteiger partial charge in [0.1, 0.15) is 0 Å². The molecule has 0 amide bonds. The van der Waals surface area contributed by atoms with Gasteiger partial charge < -0.3 is 10.5 Å². The maximum atomic E-state index is 5.65. The van der Waals surface area contributed by atoms with E-state index in [1.54, 1.807) is 0 Å². The van der Waals surface area contributed by atoms with Gasteiger partial charge in [0, 0.05) is 18.6 Å². The highest BCUT2D eigenvalue weighted by molar-refractivity contribution is 7.80.